The molecule has 2 N–H and O–H groups in total. The predicted molar refractivity (Wildman–Crippen MR) is 86.9 cm³/mol. The van der Waals surface area contributed by atoms with Gasteiger partial charge in [-0.15, -0.1) is 0 Å². The van der Waals surface area contributed by atoms with Crippen molar-refractivity contribution < 1.29 is 19.4 Å². The van der Waals surface area contributed by atoms with Gasteiger partial charge in [-0.25, -0.2) is 0 Å². The minimum Gasteiger partial charge on any atom is -0.394 e. The van der Waals surface area contributed by atoms with Gasteiger partial charge in [-0.2, -0.15) is 0 Å². The van der Waals surface area contributed by atoms with Crippen LogP contribution in [-0.4, -0.2) is 47.6 Å². The topological polar surface area (TPSA) is 78.9 Å². The van der Waals surface area contributed by atoms with E-state index in [1.807, 2.05) is 26.0 Å². The molecule has 2 rings (SSSR count). The van der Waals surface area contributed by atoms with Crippen LogP contribution >= 0.6 is 0 Å². The van der Waals surface area contributed by atoms with E-state index in [1.54, 1.807) is 17.0 Å². The van der Waals surface area contributed by atoms with Gasteiger partial charge in [-0.05, 0) is 23.6 Å². The molecule has 0 unspecified atom stereocenters. The summed E-state index contributed by atoms with van der Waals surface area (Å²) in [6, 6.07) is 6.88. The summed E-state index contributed by atoms with van der Waals surface area (Å²) in [7, 11) is 0. The van der Waals surface area contributed by atoms with Crippen LogP contribution in [0.15, 0.2) is 24.3 Å². The number of ether oxygens (including phenoxy) is 1. The number of morpholine rings is 1. The Hall–Kier alpha value is -1.92. The number of nitrogens with one attached hydrogen (secondary N) is 1. The zero-order valence-corrected chi connectivity index (χ0v) is 13.8. The third-order valence-electron chi connectivity index (χ3n) is 3.77. The monoisotopic (exact) mass is 320 g/mol. The van der Waals surface area contributed by atoms with Gasteiger partial charge in [0.2, 0.25) is 11.8 Å². The molecule has 0 bridgehead atoms. The zero-order valence-electron chi connectivity index (χ0n) is 13.8. The number of aliphatic hydroxyl groups is 1. The van der Waals surface area contributed by atoms with Crippen molar-refractivity contribution in [2.24, 2.45) is 5.92 Å². The lowest BCUT2D eigenvalue weighted by atomic mass is 9.98. The second kappa shape index (κ2) is 7.57. The van der Waals surface area contributed by atoms with E-state index in [0.29, 0.717) is 18.2 Å². The van der Waals surface area contributed by atoms with E-state index in [4.69, 9.17) is 4.74 Å². The normalized spacial score (nSPS) is 21.6. The Labute approximate surface area is 136 Å². The van der Waals surface area contributed by atoms with E-state index >= 15 is 0 Å². The Morgan fingerprint density at radius 1 is 1.39 bits per heavy atom. The van der Waals surface area contributed by atoms with Crippen LogP contribution in [0.1, 0.15) is 32.4 Å². The average Bonchev–Trinajstić information content (AvgIpc) is 2.49. The summed E-state index contributed by atoms with van der Waals surface area (Å²) >= 11 is 0. The fourth-order valence-corrected chi connectivity index (χ4v) is 2.81. The molecule has 0 aliphatic carbocycles. The summed E-state index contributed by atoms with van der Waals surface area (Å²) in [5.74, 6) is 0.0892. The minimum atomic E-state index is -0.398. The molecule has 1 aromatic carbocycles. The number of hydrogen-bond acceptors (Lipinski definition) is 4. The summed E-state index contributed by atoms with van der Waals surface area (Å²) in [6.45, 7) is 5.98. The van der Waals surface area contributed by atoms with Crippen LogP contribution in [0.5, 0.6) is 0 Å². The molecule has 0 radical (unpaired) electrons. The summed E-state index contributed by atoms with van der Waals surface area (Å²) in [4.78, 5) is 24.9. The summed E-state index contributed by atoms with van der Waals surface area (Å²) in [5.41, 5.74) is 1.58. The Morgan fingerprint density at radius 3 is 2.57 bits per heavy atom. The summed E-state index contributed by atoms with van der Waals surface area (Å²) < 4.78 is 5.67. The number of aliphatic hydroxyl groups excluding tert-OH is 1. The second-order valence-electron chi connectivity index (χ2n) is 6.22. The Balaban J connectivity index is 2.19. The highest BCUT2D eigenvalue weighted by Gasteiger charge is 2.37. The van der Waals surface area contributed by atoms with Crippen LogP contribution in [0.2, 0.25) is 0 Å². The van der Waals surface area contributed by atoms with Crippen LogP contribution < -0.4 is 5.32 Å². The first-order chi connectivity index (χ1) is 10.9. The first kappa shape index (κ1) is 17.4. The summed E-state index contributed by atoms with van der Waals surface area (Å²) in [6.07, 6.45) is -0.372. The maximum atomic E-state index is 12.1. The predicted octanol–water partition coefficient (Wildman–Crippen LogP) is 1.56. The van der Waals surface area contributed by atoms with Crippen molar-refractivity contribution in [3.63, 3.8) is 0 Å². The van der Waals surface area contributed by atoms with E-state index in [0.717, 1.165) is 5.56 Å². The molecule has 23 heavy (non-hydrogen) atoms. The van der Waals surface area contributed by atoms with Crippen molar-refractivity contribution in [1.82, 2.24) is 4.90 Å². The largest absolute Gasteiger partial charge is 0.394 e. The molecule has 6 nitrogen and oxygen atoms in total. The third kappa shape index (κ3) is 4.30. The highest BCUT2D eigenvalue weighted by atomic mass is 16.5. The van der Waals surface area contributed by atoms with Crippen LogP contribution in [0.4, 0.5) is 5.69 Å². The van der Waals surface area contributed by atoms with Crippen LogP contribution in [0, 0.1) is 5.92 Å². The van der Waals surface area contributed by atoms with E-state index < -0.39 is 6.04 Å². The van der Waals surface area contributed by atoms with Gasteiger partial charge >= 0.3 is 0 Å². The molecule has 126 valence electrons. The van der Waals surface area contributed by atoms with E-state index in [1.165, 1.54) is 6.92 Å². The van der Waals surface area contributed by atoms with Crippen molar-refractivity contribution in [3.8, 4) is 0 Å². The number of carbonyl (C=O) groups is 2. The van der Waals surface area contributed by atoms with Crippen molar-refractivity contribution in [1.29, 1.82) is 0 Å². The Bertz CT molecular complexity index is 556. The van der Waals surface area contributed by atoms with E-state index in [9.17, 15) is 14.7 Å². The number of rotatable bonds is 5. The molecule has 6 heteroatoms. The maximum absolute atomic E-state index is 12.1. The van der Waals surface area contributed by atoms with Gasteiger partial charge in [0.15, 0.2) is 0 Å². The van der Waals surface area contributed by atoms with E-state index in [-0.39, 0.29) is 31.1 Å². The molecular formula is C17H24N2O4. The molecule has 2 amide bonds. The summed E-state index contributed by atoms with van der Waals surface area (Å²) in [5, 5.41) is 12.5. The molecule has 0 saturated carbocycles. The highest BCUT2D eigenvalue weighted by Crippen LogP contribution is 2.30. The van der Waals surface area contributed by atoms with Crippen molar-refractivity contribution in [2.45, 2.75) is 32.9 Å². The van der Waals surface area contributed by atoms with Gasteiger partial charge < -0.3 is 20.1 Å². The lowest BCUT2D eigenvalue weighted by molar-refractivity contribution is -0.161. The van der Waals surface area contributed by atoms with Gasteiger partial charge in [0.25, 0.3) is 0 Å². The number of amides is 2. The first-order valence-corrected chi connectivity index (χ1v) is 7.82. The number of nitrogens with zero attached hydrogens (tertiary/aromatic N) is 1. The minimum absolute atomic E-state index is 0.0152. The molecule has 1 saturated heterocycles. The fraction of sp³-hybridized carbons (Fsp3) is 0.529. The van der Waals surface area contributed by atoms with Gasteiger partial charge in [-0.1, -0.05) is 26.0 Å². The Kier molecular flexibility index (Phi) is 5.74. The molecular weight excluding hydrogens is 296 g/mol. The first-order valence-electron chi connectivity index (χ1n) is 7.82. The zero-order chi connectivity index (χ0) is 17.0. The molecule has 2 atom stereocenters. The highest BCUT2D eigenvalue weighted by molar-refractivity contribution is 5.88. The smallest absolute Gasteiger partial charge is 0.249 e. The van der Waals surface area contributed by atoms with Gasteiger partial charge in [0.1, 0.15) is 12.7 Å². The standard InChI is InChI=1S/C17H24N2O4/c1-11(2)8-19-15(9-20)17(23-10-16(19)22)13-4-6-14(7-5-13)18-12(3)21/h4-7,11,15,17,20H,8-10H2,1-3H3,(H,18,21)/t15-,17-/m1/s1. The van der Waals surface area contributed by atoms with Crippen LogP contribution in [0.25, 0.3) is 0 Å². The maximum Gasteiger partial charge on any atom is 0.249 e. The number of anilines is 1. The molecule has 1 fully saturated rings. The quantitative estimate of drug-likeness (QED) is 0.863. The molecule has 0 spiro atoms. The number of hydrogen-bond donors (Lipinski definition) is 2. The van der Waals surface area contributed by atoms with E-state index in [2.05, 4.69) is 5.32 Å². The lowest BCUT2D eigenvalue weighted by Crippen LogP contribution is -2.53. The molecule has 0 aromatic heterocycles. The molecule has 1 aromatic rings. The van der Waals surface area contributed by atoms with Gasteiger partial charge in [-0.3, -0.25) is 9.59 Å². The van der Waals surface area contributed by atoms with Crippen molar-refractivity contribution >= 4 is 17.5 Å². The SMILES string of the molecule is CC(=O)Nc1ccc([C@H]2OCC(=O)N(CC(C)C)[C@@H]2CO)cc1. The van der Waals surface area contributed by atoms with Crippen molar-refractivity contribution in [2.75, 3.05) is 25.1 Å². The Morgan fingerprint density at radius 2 is 2.04 bits per heavy atom. The third-order valence-corrected chi connectivity index (χ3v) is 3.77. The van der Waals surface area contributed by atoms with Crippen molar-refractivity contribution in [3.05, 3.63) is 29.8 Å². The van der Waals surface area contributed by atoms with Gasteiger partial charge in [0, 0.05) is 19.2 Å². The van der Waals surface area contributed by atoms with Crippen LogP contribution in [0.3, 0.4) is 0 Å². The van der Waals surface area contributed by atoms with Crippen LogP contribution in [-0.2, 0) is 14.3 Å². The molecule has 1 aliphatic heterocycles. The number of benzene rings is 1. The fourth-order valence-electron chi connectivity index (χ4n) is 2.81. The number of carbonyl (C=O) groups excluding carboxylic acids is 2. The van der Waals surface area contributed by atoms with Gasteiger partial charge in [0.05, 0.1) is 12.6 Å². The molecule has 1 heterocycles. The second-order valence-corrected chi connectivity index (χ2v) is 6.22. The molecule has 1 aliphatic rings. The average molecular weight is 320 g/mol. The lowest BCUT2D eigenvalue weighted by Gasteiger charge is -2.41.